The smallest absolute Gasteiger partial charge is 0.240 e. The number of anilines is 2. The first-order valence-electron chi connectivity index (χ1n) is 18.9. The van der Waals surface area contributed by atoms with Crippen molar-refractivity contribution in [3.05, 3.63) is 107 Å². The molecular weight excluding hydrogens is 857 g/mol. The van der Waals surface area contributed by atoms with E-state index in [1.165, 1.54) is 60.4 Å². The van der Waals surface area contributed by atoms with Crippen LogP contribution in [0.3, 0.4) is 0 Å². The molecule has 0 saturated carbocycles. The van der Waals surface area contributed by atoms with Crippen molar-refractivity contribution < 1.29 is 38.1 Å². The van der Waals surface area contributed by atoms with Crippen LogP contribution in [-0.4, -0.2) is 68.1 Å². The fourth-order valence-corrected chi connectivity index (χ4v) is 11.9. The summed E-state index contributed by atoms with van der Waals surface area (Å²) in [4.78, 5) is 29.9. The fraction of sp³-hybridized carbons (Fsp3) is 0.209. The van der Waals surface area contributed by atoms with Crippen LogP contribution >= 0.6 is 46.2 Å². The molecule has 8 aromatic rings. The van der Waals surface area contributed by atoms with Crippen LogP contribution < -0.4 is 19.3 Å². The lowest BCUT2D eigenvalue weighted by Gasteiger charge is -2.21. The van der Waals surface area contributed by atoms with Gasteiger partial charge in [0.2, 0.25) is 22.1 Å². The number of aromatic hydroxyl groups is 2. The first-order chi connectivity index (χ1) is 29.6. The number of aromatic nitrogens is 4. The summed E-state index contributed by atoms with van der Waals surface area (Å²) < 4.78 is 22.9. The third kappa shape index (κ3) is 6.83. The van der Waals surface area contributed by atoms with E-state index in [2.05, 4.69) is 44.7 Å². The number of phenols is 2. The Kier molecular flexibility index (Phi) is 9.89. The summed E-state index contributed by atoms with van der Waals surface area (Å²) in [6, 6.07) is 18.5. The maximum absolute atomic E-state index is 13.3. The molecule has 61 heavy (non-hydrogen) atoms. The molecule has 4 aromatic heterocycles. The zero-order valence-electron chi connectivity index (χ0n) is 32.9. The summed E-state index contributed by atoms with van der Waals surface area (Å²) >= 11 is 5.57. The highest BCUT2D eigenvalue weighted by atomic mass is 32.2. The second-order valence-electron chi connectivity index (χ2n) is 14.6. The summed E-state index contributed by atoms with van der Waals surface area (Å²) in [5.74, 6) is 1.04. The highest BCUT2D eigenvalue weighted by Gasteiger charge is 2.38. The summed E-state index contributed by atoms with van der Waals surface area (Å²) in [7, 11) is 2.98. The quantitative estimate of drug-likeness (QED) is 0.133. The number of hydrogen-bond donors (Lipinski definition) is 2. The fourth-order valence-electron chi connectivity index (χ4n) is 7.69. The van der Waals surface area contributed by atoms with Crippen LogP contribution in [0.25, 0.3) is 43.1 Å². The minimum absolute atomic E-state index is 0.0191. The van der Waals surface area contributed by atoms with E-state index in [9.17, 15) is 19.8 Å². The Morgan fingerprint density at radius 3 is 1.52 bits per heavy atom. The molecule has 6 heterocycles. The SMILES string of the molecule is COc1cc(C2SCC(=O)N2c2nnc(-c3cc(Cc4cc(-c5nnc(N6C(=O)CSC6c6ccc(O)c(OC)c6)s5)c5occ(C)c5c4)cc4c(C)coc34)s2)ccc1O. The van der Waals surface area contributed by atoms with Gasteiger partial charge in [0.15, 0.2) is 33.0 Å². The number of nitrogens with zero attached hydrogens (tertiary/aromatic N) is 6. The first-order valence-corrected chi connectivity index (χ1v) is 22.6. The molecule has 14 nitrogen and oxygen atoms in total. The Morgan fingerprint density at radius 1 is 0.656 bits per heavy atom. The Hall–Kier alpha value is -6.08. The summed E-state index contributed by atoms with van der Waals surface area (Å²) in [5.41, 5.74) is 8.40. The maximum Gasteiger partial charge on any atom is 0.240 e. The molecule has 2 fully saturated rings. The third-order valence-electron chi connectivity index (χ3n) is 10.7. The van der Waals surface area contributed by atoms with Crippen molar-refractivity contribution >= 4 is 90.2 Å². The van der Waals surface area contributed by atoms with Crippen LogP contribution in [-0.2, 0) is 16.0 Å². The molecule has 18 heteroatoms. The predicted octanol–water partition coefficient (Wildman–Crippen LogP) is 9.41. The summed E-state index contributed by atoms with van der Waals surface area (Å²) in [5, 5.41) is 41.8. The van der Waals surface area contributed by atoms with Crippen molar-refractivity contribution in [2.45, 2.75) is 31.0 Å². The number of carbonyl (C=O) groups excluding carboxylic acids is 2. The Bertz CT molecular complexity index is 2850. The second-order valence-corrected chi connectivity index (χ2v) is 18.6. The van der Waals surface area contributed by atoms with Gasteiger partial charge in [-0.2, -0.15) is 0 Å². The number of phenolic OH excluding ortho intramolecular Hbond substituents is 2. The zero-order valence-corrected chi connectivity index (χ0v) is 36.1. The molecule has 2 N–H and O–H groups in total. The molecule has 0 spiro atoms. The first kappa shape index (κ1) is 39.1. The second kappa shape index (κ2) is 15.4. The van der Waals surface area contributed by atoms with Gasteiger partial charge in [0.1, 0.15) is 21.9 Å². The van der Waals surface area contributed by atoms with Gasteiger partial charge in [0.05, 0.1) is 49.4 Å². The summed E-state index contributed by atoms with van der Waals surface area (Å²) in [6.07, 6.45) is 4.00. The molecule has 0 aliphatic carbocycles. The molecule has 4 aromatic carbocycles. The monoisotopic (exact) mass is 890 g/mol. The van der Waals surface area contributed by atoms with Crippen LogP contribution in [0.4, 0.5) is 10.3 Å². The van der Waals surface area contributed by atoms with Crippen LogP contribution in [0.15, 0.2) is 82.0 Å². The number of benzene rings is 4. The van der Waals surface area contributed by atoms with Gasteiger partial charge in [-0.05, 0) is 102 Å². The number of hydrogen-bond acceptors (Lipinski definition) is 16. The van der Waals surface area contributed by atoms with Crippen LogP contribution in [0.1, 0.15) is 44.1 Å². The average Bonchev–Trinajstić information content (AvgIpc) is 4.14. The number of thioether (sulfide) groups is 2. The molecule has 10 rings (SSSR count). The van der Waals surface area contributed by atoms with Gasteiger partial charge in [0, 0.05) is 10.8 Å². The van der Waals surface area contributed by atoms with Gasteiger partial charge in [-0.25, -0.2) is 0 Å². The Morgan fingerprint density at radius 2 is 1.10 bits per heavy atom. The number of methoxy groups -OCH3 is 2. The number of aryl methyl sites for hydroxylation is 2. The third-order valence-corrected chi connectivity index (χ3v) is 15.0. The number of fused-ring (bicyclic) bond motifs is 2. The number of furan rings is 2. The van der Waals surface area contributed by atoms with Crippen LogP contribution in [0, 0.1) is 13.8 Å². The number of rotatable bonds is 10. The molecule has 2 atom stereocenters. The van der Waals surface area contributed by atoms with Crippen molar-refractivity contribution in [1.29, 1.82) is 0 Å². The largest absolute Gasteiger partial charge is 0.504 e. The van der Waals surface area contributed by atoms with E-state index in [0.29, 0.717) is 49.4 Å². The van der Waals surface area contributed by atoms with Gasteiger partial charge in [-0.15, -0.1) is 43.9 Å². The lowest BCUT2D eigenvalue weighted by molar-refractivity contribution is -0.116. The Labute approximate surface area is 364 Å². The lowest BCUT2D eigenvalue weighted by atomic mass is 9.97. The minimum Gasteiger partial charge on any atom is -0.504 e. The van der Waals surface area contributed by atoms with Crippen LogP contribution in [0.2, 0.25) is 0 Å². The van der Waals surface area contributed by atoms with Crippen molar-refractivity contribution in [3.63, 3.8) is 0 Å². The molecule has 2 amide bonds. The maximum atomic E-state index is 13.3. The molecule has 0 bridgehead atoms. The van der Waals surface area contributed by atoms with Gasteiger partial charge in [-0.1, -0.05) is 34.8 Å². The highest BCUT2D eigenvalue weighted by Crippen LogP contribution is 2.48. The van der Waals surface area contributed by atoms with Crippen molar-refractivity contribution in [3.8, 4) is 44.1 Å². The molecule has 2 saturated heterocycles. The number of amides is 2. The Balaban J connectivity index is 0.987. The topological polar surface area (TPSA) is 177 Å². The van der Waals surface area contributed by atoms with E-state index in [0.717, 1.165) is 55.3 Å². The van der Waals surface area contributed by atoms with E-state index in [-0.39, 0.29) is 45.6 Å². The number of ether oxygens (including phenoxy) is 2. The molecular formula is C43H34N6O8S4. The van der Waals surface area contributed by atoms with Crippen molar-refractivity contribution in [2.24, 2.45) is 0 Å². The van der Waals surface area contributed by atoms with Gasteiger partial charge in [0.25, 0.3) is 0 Å². The predicted molar refractivity (Wildman–Crippen MR) is 237 cm³/mol. The average molecular weight is 891 g/mol. The molecule has 2 aliphatic heterocycles. The molecule has 2 unspecified atom stereocenters. The van der Waals surface area contributed by atoms with E-state index >= 15 is 0 Å². The van der Waals surface area contributed by atoms with Gasteiger partial charge in [-0.3, -0.25) is 19.4 Å². The van der Waals surface area contributed by atoms with Crippen molar-refractivity contribution in [2.75, 3.05) is 35.5 Å². The molecule has 2 aliphatic rings. The minimum atomic E-state index is -0.376. The van der Waals surface area contributed by atoms with Crippen LogP contribution in [0.5, 0.6) is 23.0 Å². The van der Waals surface area contributed by atoms with E-state index in [1.807, 2.05) is 13.8 Å². The highest BCUT2D eigenvalue weighted by molar-refractivity contribution is 8.01. The van der Waals surface area contributed by atoms with Gasteiger partial charge >= 0.3 is 0 Å². The molecule has 0 radical (unpaired) electrons. The summed E-state index contributed by atoms with van der Waals surface area (Å²) in [6.45, 7) is 4.00. The van der Waals surface area contributed by atoms with Gasteiger partial charge < -0.3 is 28.5 Å². The number of carbonyl (C=O) groups is 2. The van der Waals surface area contributed by atoms with E-state index < -0.39 is 0 Å². The van der Waals surface area contributed by atoms with Crippen molar-refractivity contribution in [1.82, 2.24) is 20.4 Å². The zero-order chi connectivity index (χ0) is 42.1. The standard InChI is InChI=1S/C43H34N6O8S4/c1-20-16-56-36-26(20)10-22(12-28(36)38-44-46-42(60-38)48-34(52)18-58-40(48)24-5-7-30(50)32(14-24)54-3)9-23-11-27-21(2)17-57-37(27)29(13-23)39-45-47-43(61-39)49-35(53)19-59-41(49)25-6-8-31(51)33(15-25)55-4/h5-8,10-17,40-41,50-51H,9,18-19H2,1-4H3. The lowest BCUT2D eigenvalue weighted by Crippen LogP contribution is -2.27. The normalized spacial score (nSPS) is 16.8. The van der Waals surface area contributed by atoms with E-state index in [1.54, 1.807) is 58.7 Å². The van der Waals surface area contributed by atoms with E-state index in [4.69, 9.17) is 18.3 Å². The molecule has 308 valence electrons.